The third kappa shape index (κ3) is 4.15. The molecule has 1 unspecified atom stereocenters. The Balaban J connectivity index is 2.13. The molecule has 4 nitrogen and oxygen atoms in total. The van der Waals surface area contributed by atoms with E-state index in [1.807, 2.05) is 6.07 Å². The van der Waals surface area contributed by atoms with Crippen LogP contribution in [-0.2, 0) is 11.3 Å². The van der Waals surface area contributed by atoms with Gasteiger partial charge in [0.2, 0.25) is 0 Å². The zero-order valence-corrected chi connectivity index (χ0v) is 13.2. The highest BCUT2D eigenvalue weighted by atomic mass is 19.1. The number of hydrogen-bond acceptors (Lipinski definition) is 4. The molecule has 2 rings (SSSR count). The van der Waals surface area contributed by atoms with Crippen molar-refractivity contribution in [2.24, 2.45) is 0 Å². The van der Waals surface area contributed by atoms with E-state index in [9.17, 15) is 4.39 Å². The number of anilines is 1. The Hall–Kier alpha value is -1.17. The number of likely N-dealkylation sites (N-methyl/N-ethyl adjacent to an activating group) is 1. The smallest absolute Gasteiger partial charge is 0.129 e. The van der Waals surface area contributed by atoms with Gasteiger partial charge in [0, 0.05) is 57.1 Å². The number of halogens is 1. The van der Waals surface area contributed by atoms with Crippen LogP contribution < -0.4 is 10.2 Å². The molecule has 5 heteroatoms. The second kappa shape index (κ2) is 7.73. The molecular weight excluding hydrogens is 269 g/mol. The van der Waals surface area contributed by atoms with Crippen LogP contribution in [0.25, 0.3) is 0 Å². The minimum Gasteiger partial charge on any atom is -0.383 e. The molecule has 1 aliphatic heterocycles. The normalized spacial score (nSPS) is 20.0. The summed E-state index contributed by atoms with van der Waals surface area (Å²) in [5, 5.41) is 3.24. The fourth-order valence-corrected chi connectivity index (χ4v) is 2.88. The molecule has 21 heavy (non-hydrogen) atoms. The van der Waals surface area contributed by atoms with Crippen molar-refractivity contribution in [1.82, 2.24) is 10.2 Å². The van der Waals surface area contributed by atoms with Crippen molar-refractivity contribution in [3.63, 3.8) is 0 Å². The highest BCUT2D eigenvalue weighted by Crippen LogP contribution is 2.26. The molecule has 0 aliphatic carbocycles. The first-order valence-corrected chi connectivity index (χ1v) is 7.55. The molecule has 1 saturated heterocycles. The van der Waals surface area contributed by atoms with E-state index in [1.54, 1.807) is 13.2 Å². The van der Waals surface area contributed by atoms with Crippen LogP contribution in [0, 0.1) is 5.82 Å². The van der Waals surface area contributed by atoms with Crippen molar-refractivity contribution in [1.29, 1.82) is 0 Å². The van der Waals surface area contributed by atoms with Gasteiger partial charge >= 0.3 is 0 Å². The van der Waals surface area contributed by atoms with Gasteiger partial charge in [-0.25, -0.2) is 4.39 Å². The standard InChI is InChI=1S/C16H26FN3O/c1-13-12-19(2)8-9-20(13)16-6-4-5-15(17)14(16)11-18-7-10-21-3/h4-6,13,18H,7-12H2,1-3H3. The van der Waals surface area contributed by atoms with Gasteiger partial charge < -0.3 is 19.9 Å². The largest absolute Gasteiger partial charge is 0.383 e. The fraction of sp³-hybridized carbons (Fsp3) is 0.625. The number of hydrogen-bond donors (Lipinski definition) is 1. The lowest BCUT2D eigenvalue weighted by Crippen LogP contribution is -2.51. The van der Waals surface area contributed by atoms with Crippen LogP contribution >= 0.6 is 0 Å². The highest BCUT2D eigenvalue weighted by Gasteiger charge is 2.24. The lowest BCUT2D eigenvalue weighted by Gasteiger charge is -2.40. The third-order valence-corrected chi connectivity index (χ3v) is 4.02. The molecule has 1 aliphatic rings. The van der Waals surface area contributed by atoms with E-state index in [4.69, 9.17) is 4.74 Å². The molecule has 1 atom stereocenters. The molecule has 1 aromatic rings. The molecule has 0 saturated carbocycles. The molecular formula is C16H26FN3O. The van der Waals surface area contributed by atoms with Crippen molar-refractivity contribution in [2.75, 3.05) is 51.8 Å². The SMILES string of the molecule is COCCNCc1c(F)cccc1N1CCN(C)CC1C. The van der Waals surface area contributed by atoms with Gasteiger partial charge in [0.25, 0.3) is 0 Å². The average molecular weight is 295 g/mol. The van der Waals surface area contributed by atoms with E-state index in [2.05, 4.69) is 29.1 Å². The van der Waals surface area contributed by atoms with Crippen LogP contribution in [0.4, 0.5) is 10.1 Å². The number of nitrogens with one attached hydrogen (secondary N) is 1. The molecule has 0 spiro atoms. The summed E-state index contributed by atoms with van der Waals surface area (Å²) < 4.78 is 19.2. The molecule has 0 radical (unpaired) electrons. The number of benzene rings is 1. The van der Waals surface area contributed by atoms with Gasteiger partial charge in [0.15, 0.2) is 0 Å². The minimum atomic E-state index is -0.136. The highest BCUT2D eigenvalue weighted by molar-refractivity contribution is 5.55. The molecule has 1 heterocycles. The number of rotatable bonds is 6. The summed E-state index contributed by atoms with van der Waals surface area (Å²) in [6.07, 6.45) is 0. The Morgan fingerprint density at radius 2 is 2.19 bits per heavy atom. The quantitative estimate of drug-likeness (QED) is 0.809. The van der Waals surface area contributed by atoms with Crippen molar-refractivity contribution in [3.05, 3.63) is 29.6 Å². The van der Waals surface area contributed by atoms with Crippen LogP contribution in [0.15, 0.2) is 18.2 Å². The van der Waals surface area contributed by atoms with Gasteiger partial charge in [0.05, 0.1) is 6.61 Å². The third-order valence-electron chi connectivity index (χ3n) is 4.02. The summed E-state index contributed by atoms with van der Waals surface area (Å²) in [6.45, 7) is 7.04. The van der Waals surface area contributed by atoms with Crippen LogP contribution in [0.1, 0.15) is 12.5 Å². The van der Waals surface area contributed by atoms with Gasteiger partial charge in [-0.3, -0.25) is 0 Å². The summed E-state index contributed by atoms with van der Waals surface area (Å²) in [7, 11) is 3.80. The predicted octanol–water partition coefficient (Wildman–Crippen LogP) is 1.70. The maximum absolute atomic E-state index is 14.2. The molecule has 1 N–H and O–H groups in total. The average Bonchev–Trinajstić information content (AvgIpc) is 2.45. The van der Waals surface area contributed by atoms with Crippen molar-refractivity contribution in [3.8, 4) is 0 Å². The number of nitrogens with zero attached hydrogens (tertiary/aromatic N) is 2. The van der Waals surface area contributed by atoms with Gasteiger partial charge in [-0.15, -0.1) is 0 Å². The molecule has 1 aromatic carbocycles. The summed E-state index contributed by atoms with van der Waals surface area (Å²) in [6, 6.07) is 5.76. The maximum Gasteiger partial charge on any atom is 0.129 e. The van der Waals surface area contributed by atoms with Crippen molar-refractivity contribution < 1.29 is 9.13 Å². The summed E-state index contributed by atoms with van der Waals surface area (Å²) in [5.74, 6) is -0.136. The lowest BCUT2D eigenvalue weighted by molar-refractivity contribution is 0.199. The summed E-state index contributed by atoms with van der Waals surface area (Å²) in [4.78, 5) is 4.63. The maximum atomic E-state index is 14.2. The topological polar surface area (TPSA) is 27.7 Å². The van der Waals surface area contributed by atoms with E-state index in [-0.39, 0.29) is 5.82 Å². The molecule has 118 valence electrons. The van der Waals surface area contributed by atoms with E-state index in [1.165, 1.54) is 6.07 Å². The van der Waals surface area contributed by atoms with Crippen LogP contribution in [0.5, 0.6) is 0 Å². The second-order valence-corrected chi connectivity index (χ2v) is 5.71. The molecule has 0 aromatic heterocycles. The van der Waals surface area contributed by atoms with Crippen molar-refractivity contribution in [2.45, 2.75) is 19.5 Å². The van der Waals surface area contributed by atoms with Crippen LogP contribution in [0.2, 0.25) is 0 Å². The summed E-state index contributed by atoms with van der Waals surface area (Å²) >= 11 is 0. The second-order valence-electron chi connectivity index (χ2n) is 5.71. The Labute approximate surface area is 126 Å². The number of ether oxygens (including phenoxy) is 1. The minimum absolute atomic E-state index is 0.136. The van der Waals surface area contributed by atoms with Gasteiger partial charge in [0.1, 0.15) is 5.82 Å². The fourth-order valence-electron chi connectivity index (χ4n) is 2.88. The first-order valence-electron chi connectivity index (χ1n) is 7.55. The Kier molecular flexibility index (Phi) is 5.96. The van der Waals surface area contributed by atoms with Gasteiger partial charge in [-0.1, -0.05) is 6.07 Å². The molecule has 0 amide bonds. The lowest BCUT2D eigenvalue weighted by atomic mass is 10.1. The zero-order valence-electron chi connectivity index (χ0n) is 13.2. The summed E-state index contributed by atoms with van der Waals surface area (Å²) in [5.41, 5.74) is 1.77. The molecule has 0 bridgehead atoms. The Bertz CT molecular complexity index is 455. The van der Waals surface area contributed by atoms with E-state index >= 15 is 0 Å². The monoisotopic (exact) mass is 295 g/mol. The van der Waals surface area contributed by atoms with Gasteiger partial charge in [-0.05, 0) is 26.1 Å². The number of methoxy groups -OCH3 is 1. The van der Waals surface area contributed by atoms with E-state index in [0.29, 0.717) is 19.2 Å². The molecule has 1 fully saturated rings. The van der Waals surface area contributed by atoms with Crippen molar-refractivity contribution >= 4 is 5.69 Å². The first-order chi connectivity index (χ1) is 10.1. The van der Waals surface area contributed by atoms with Gasteiger partial charge in [-0.2, -0.15) is 0 Å². The van der Waals surface area contributed by atoms with Crippen LogP contribution in [0.3, 0.4) is 0 Å². The Morgan fingerprint density at radius 3 is 2.90 bits per heavy atom. The predicted molar refractivity (Wildman–Crippen MR) is 84.3 cm³/mol. The zero-order chi connectivity index (χ0) is 15.2. The van der Waals surface area contributed by atoms with E-state index in [0.717, 1.165) is 37.4 Å². The number of piperazine rings is 1. The van der Waals surface area contributed by atoms with Crippen LogP contribution in [-0.4, -0.2) is 57.9 Å². The first kappa shape index (κ1) is 16.2. The Morgan fingerprint density at radius 1 is 1.38 bits per heavy atom. The van der Waals surface area contributed by atoms with E-state index < -0.39 is 0 Å².